The minimum Gasteiger partial charge on any atom is -0.508 e. The predicted octanol–water partition coefficient (Wildman–Crippen LogP) is 1.80. The zero-order chi connectivity index (χ0) is 13.7. The topological polar surface area (TPSA) is 74.3 Å². The molecule has 0 fully saturated rings. The van der Waals surface area contributed by atoms with Crippen LogP contribution in [0.4, 0.5) is 0 Å². The SMILES string of the molecule is COC(=O)c1ccc(CNCc2ccccc2O)[nH]1. The summed E-state index contributed by atoms with van der Waals surface area (Å²) in [6.45, 7) is 1.13. The van der Waals surface area contributed by atoms with Gasteiger partial charge in [-0.3, -0.25) is 0 Å². The predicted molar refractivity (Wildman–Crippen MR) is 70.8 cm³/mol. The van der Waals surface area contributed by atoms with Crippen molar-refractivity contribution in [3.8, 4) is 5.75 Å². The molecule has 1 aromatic carbocycles. The van der Waals surface area contributed by atoms with Crippen LogP contribution in [-0.4, -0.2) is 23.2 Å². The fourth-order valence-corrected chi connectivity index (χ4v) is 1.76. The van der Waals surface area contributed by atoms with Crippen molar-refractivity contribution in [3.05, 3.63) is 53.3 Å². The zero-order valence-electron chi connectivity index (χ0n) is 10.6. The summed E-state index contributed by atoms with van der Waals surface area (Å²) in [6, 6.07) is 10.7. The second-order valence-electron chi connectivity index (χ2n) is 4.12. The number of rotatable bonds is 5. The van der Waals surface area contributed by atoms with Gasteiger partial charge in [-0.15, -0.1) is 0 Å². The Labute approximate surface area is 111 Å². The number of aromatic nitrogens is 1. The molecule has 0 bridgehead atoms. The molecule has 0 saturated carbocycles. The monoisotopic (exact) mass is 260 g/mol. The van der Waals surface area contributed by atoms with Crippen LogP contribution in [0.15, 0.2) is 36.4 Å². The molecule has 19 heavy (non-hydrogen) atoms. The number of esters is 1. The Balaban J connectivity index is 1.88. The number of carbonyl (C=O) groups is 1. The van der Waals surface area contributed by atoms with E-state index in [2.05, 4.69) is 15.0 Å². The van der Waals surface area contributed by atoms with Crippen molar-refractivity contribution in [1.29, 1.82) is 0 Å². The lowest BCUT2D eigenvalue weighted by Crippen LogP contribution is -2.13. The number of phenols is 1. The first-order valence-corrected chi connectivity index (χ1v) is 5.94. The second kappa shape index (κ2) is 6.06. The number of carbonyl (C=O) groups excluding carboxylic acids is 1. The van der Waals surface area contributed by atoms with Gasteiger partial charge >= 0.3 is 5.97 Å². The zero-order valence-corrected chi connectivity index (χ0v) is 10.6. The van der Waals surface area contributed by atoms with Gasteiger partial charge in [0, 0.05) is 24.3 Å². The highest BCUT2D eigenvalue weighted by Crippen LogP contribution is 2.15. The number of aromatic hydroxyl groups is 1. The van der Waals surface area contributed by atoms with Gasteiger partial charge in [-0.05, 0) is 18.2 Å². The number of methoxy groups -OCH3 is 1. The Bertz CT molecular complexity index is 563. The van der Waals surface area contributed by atoms with E-state index in [4.69, 9.17) is 0 Å². The molecule has 0 unspecified atom stereocenters. The fourth-order valence-electron chi connectivity index (χ4n) is 1.76. The van der Waals surface area contributed by atoms with Gasteiger partial charge in [0.2, 0.25) is 0 Å². The molecule has 0 saturated heterocycles. The van der Waals surface area contributed by atoms with Crippen molar-refractivity contribution in [2.24, 2.45) is 0 Å². The van der Waals surface area contributed by atoms with E-state index in [9.17, 15) is 9.90 Å². The Kier molecular flexibility index (Phi) is 4.20. The van der Waals surface area contributed by atoms with Gasteiger partial charge in [-0.1, -0.05) is 18.2 Å². The van der Waals surface area contributed by atoms with Gasteiger partial charge in [0.25, 0.3) is 0 Å². The number of phenolic OH excluding ortho intramolecular Hbond substituents is 1. The fraction of sp³-hybridized carbons (Fsp3) is 0.214. The smallest absolute Gasteiger partial charge is 0.354 e. The molecule has 3 N–H and O–H groups in total. The molecule has 0 radical (unpaired) electrons. The van der Waals surface area contributed by atoms with E-state index in [-0.39, 0.29) is 11.7 Å². The van der Waals surface area contributed by atoms with Gasteiger partial charge in [0.15, 0.2) is 0 Å². The number of nitrogens with one attached hydrogen (secondary N) is 2. The number of hydrogen-bond donors (Lipinski definition) is 3. The summed E-state index contributed by atoms with van der Waals surface area (Å²) in [5, 5.41) is 12.8. The number of ether oxygens (including phenoxy) is 1. The summed E-state index contributed by atoms with van der Waals surface area (Å²) < 4.78 is 4.62. The Hall–Kier alpha value is -2.27. The molecule has 5 heteroatoms. The normalized spacial score (nSPS) is 10.4. The highest BCUT2D eigenvalue weighted by Gasteiger charge is 2.07. The quantitative estimate of drug-likeness (QED) is 0.717. The van der Waals surface area contributed by atoms with Gasteiger partial charge in [-0.2, -0.15) is 0 Å². The maximum Gasteiger partial charge on any atom is 0.354 e. The third-order valence-corrected chi connectivity index (χ3v) is 2.77. The van der Waals surface area contributed by atoms with Crippen LogP contribution in [0.25, 0.3) is 0 Å². The molecule has 0 aliphatic heterocycles. The molecule has 0 atom stereocenters. The summed E-state index contributed by atoms with van der Waals surface area (Å²) in [4.78, 5) is 14.2. The average Bonchev–Trinajstić information content (AvgIpc) is 2.89. The van der Waals surface area contributed by atoms with E-state index in [0.717, 1.165) is 11.3 Å². The number of H-pyrrole nitrogens is 1. The third kappa shape index (κ3) is 3.35. The van der Waals surface area contributed by atoms with Crippen molar-refractivity contribution in [2.45, 2.75) is 13.1 Å². The molecule has 100 valence electrons. The molecule has 0 spiro atoms. The van der Waals surface area contributed by atoms with Crippen LogP contribution in [0.5, 0.6) is 5.75 Å². The highest BCUT2D eigenvalue weighted by atomic mass is 16.5. The molecule has 0 amide bonds. The minimum atomic E-state index is -0.382. The number of aromatic amines is 1. The van der Waals surface area contributed by atoms with Crippen molar-refractivity contribution < 1.29 is 14.6 Å². The lowest BCUT2D eigenvalue weighted by atomic mass is 10.2. The highest BCUT2D eigenvalue weighted by molar-refractivity contribution is 5.87. The Morgan fingerprint density at radius 1 is 1.26 bits per heavy atom. The second-order valence-corrected chi connectivity index (χ2v) is 4.12. The summed E-state index contributed by atoms with van der Waals surface area (Å²) >= 11 is 0. The molecule has 5 nitrogen and oxygen atoms in total. The van der Waals surface area contributed by atoms with Crippen molar-refractivity contribution >= 4 is 5.97 Å². The minimum absolute atomic E-state index is 0.275. The first-order chi connectivity index (χ1) is 9.20. The molecule has 0 aliphatic carbocycles. The van der Waals surface area contributed by atoms with Gasteiger partial charge in [0.1, 0.15) is 11.4 Å². The maximum absolute atomic E-state index is 11.3. The van der Waals surface area contributed by atoms with Crippen molar-refractivity contribution in [3.63, 3.8) is 0 Å². The average molecular weight is 260 g/mol. The first-order valence-electron chi connectivity index (χ1n) is 5.94. The van der Waals surface area contributed by atoms with Crippen LogP contribution in [0.1, 0.15) is 21.7 Å². The number of para-hydroxylation sites is 1. The van der Waals surface area contributed by atoms with Crippen LogP contribution < -0.4 is 5.32 Å². The molecule has 2 rings (SSSR count). The van der Waals surface area contributed by atoms with Crippen LogP contribution >= 0.6 is 0 Å². The maximum atomic E-state index is 11.3. The molecule has 2 aromatic rings. The summed E-state index contributed by atoms with van der Waals surface area (Å²) in [5.41, 5.74) is 2.15. The number of benzene rings is 1. The standard InChI is InChI=1S/C14H16N2O3/c1-19-14(18)12-7-6-11(16-12)9-15-8-10-4-2-3-5-13(10)17/h2-7,15-17H,8-9H2,1H3. The van der Waals surface area contributed by atoms with Crippen molar-refractivity contribution in [1.82, 2.24) is 10.3 Å². The Morgan fingerprint density at radius 3 is 2.79 bits per heavy atom. The van der Waals surface area contributed by atoms with Gasteiger partial charge in [0.05, 0.1) is 7.11 Å². The van der Waals surface area contributed by atoms with Crippen LogP contribution in [0.3, 0.4) is 0 Å². The van der Waals surface area contributed by atoms with E-state index >= 15 is 0 Å². The third-order valence-electron chi connectivity index (χ3n) is 2.77. The molecular formula is C14H16N2O3. The van der Waals surface area contributed by atoms with Crippen LogP contribution in [0, 0.1) is 0 Å². The summed E-state index contributed by atoms with van der Waals surface area (Å²) in [5.74, 6) is -0.108. The van der Waals surface area contributed by atoms with E-state index < -0.39 is 0 Å². The molecule has 1 aromatic heterocycles. The molecular weight excluding hydrogens is 244 g/mol. The van der Waals surface area contributed by atoms with Crippen molar-refractivity contribution in [2.75, 3.05) is 7.11 Å². The molecule has 0 aliphatic rings. The van der Waals surface area contributed by atoms with E-state index in [1.165, 1.54) is 7.11 Å². The molecule has 1 heterocycles. The van der Waals surface area contributed by atoms with Gasteiger partial charge < -0.3 is 20.1 Å². The lowest BCUT2D eigenvalue weighted by molar-refractivity contribution is 0.0594. The Morgan fingerprint density at radius 2 is 2.05 bits per heavy atom. The number of hydrogen-bond acceptors (Lipinski definition) is 4. The van der Waals surface area contributed by atoms with E-state index in [1.54, 1.807) is 18.2 Å². The van der Waals surface area contributed by atoms with E-state index in [0.29, 0.717) is 18.8 Å². The summed E-state index contributed by atoms with van der Waals surface area (Å²) in [7, 11) is 1.35. The van der Waals surface area contributed by atoms with Gasteiger partial charge in [-0.25, -0.2) is 4.79 Å². The van der Waals surface area contributed by atoms with E-state index in [1.807, 2.05) is 18.2 Å². The largest absolute Gasteiger partial charge is 0.508 e. The van der Waals surface area contributed by atoms with Crippen LogP contribution in [0.2, 0.25) is 0 Å². The van der Waals surface area contributed by atoms with Crippen LogP contribution in [-0.2, 0) is 17.8 Å². The summed E-state index contributed by atoms with van der Waals surface area (Å²) in [6.07, 6.45) is 0. The first kappa shape index (κ1) is 13.2. The lowest BCUT2D eigenvalue weighted by Gasteiger charge is -2.05.